The van der Waals surface area contributed by atoms with Crippen LogP contribution in [0.1, 0.15) is 33.1 Å². The number of hydrogen-bond acceptors (Lipinski definition) is 6. The fourth-order valence-corrected chi connectivity index (χ4v) is 6.73. The van der Waals surface area contributed by atoms with Crippen LogP contribution in [-0.2, 0) is 23.9 Å². The highest BCUT2D eigenvalue weighted by Gasteiger charge is 2.80. The molecule has 1 aromatic carbocycles. The third-order valence-corrected chi connectivity index (χ3v) is 8.49. The van der Waals surface area contributed by atoms with Gasteiger partial charge in [0.2, 0.25) is 5.91 Å². The maximum absolute atomic E-state index is 14.4. The highest BCUT2D eigenvalue weighted by molar-refractivity contribution is 6.34. The lowest BCUT2D eigenvalue weighted by Gasteiger charge is -2.37. The number of hydrogen-bond donors (Lipinski definition) is 1. The molecule has 3 aliphatic rings. The molecule has 3 saturated heterocycles. The second-order valence-corrected chi connectivity index (χ2v) is 10.7. The van der Waals surface area contributed by atoms with E-state index in [1.165, 1.54) is 11.0 Å². The number of aliphatic hydroxyl groups is 1. The van der Waals surface area contributed by atoms with Gasteiger partial charge < -0.3 is 24.4 Å². The molecule has 9 heteroatoms. The lowest BCUT2D eigenvalue weighted by molar-refractivity contribution is -0.160. The number of benzene rings is 1. The number of halogens is 1. The maximum Gasteiger partial charge on any atom is 0.313 e. The molecule has 0 aromatic heterocycles. The van der Waals surface area contributed by atoms with E-state index in [1.54, 1.807) is 35.2 Å². The Bertz CT molecular complexity index is 1090. The lowest BCUT2D eigenvalue weighted by Crippen LogP contribution is -2.57. The first-order valence-electron chi connectivity index (χ1n) is 12.7. The number of anilines is 1. The zero-order valence-corrected chi connectivity index (χ0v) is 22.2. The number of nitrogens with zero attached hydrogens (tertiary/aromatic N) is 2. The van der Waals surface area contributed by atoms with Gasteiger partial charge in [-0.3, -0.25) is 14.4 Å². The fraction of sp³-hybridized carbons (Fsp3) is 0.536. The highest BCUT2D eigenvalue weighted by Crippen LogP contribution is 2.65. The molecule has 0 aliphatic carbocycles. The normalized spacial score (nSPS) is 31.8. The standard InChI is InChI=1S/C28H35ClN2O6/c1-5-13-30(20-12-8-7-11-19(20)29)25(34)23-28-17-18(3)27(4,37-28)22(26(35)36-16-6-2)21(28)24(33)31(23)14-9-10-15-32/h5-8,11-12,18,21-23,32H,1-2,9-10,13-17H2,3-4H3/t18?,21-,22-,23?,27+,28?/m0/s1. The number of carbonyl (C=O) groups excluding carboxylic acids is 3. The molecule has 3 unspecified atom stereocenters. The van der Waals surface area contributed by atoms with E-state index in [0.29, 0.717) is 30.0 Å². The third kappa shape index (κ3) is 4.29. The Morgan fingerprint density at radius 3 is 2.68 bits per heavy atom. The predicted octanol–water partition coefficient (Wildman–Crippen LogP) is 3.37. The Kier molecular flexibility index (Phi) is 7.83. The summed E-state index contributed by atoms with van der Waals surface area (Å²) in [5.41, 5.74) is -1.65. The number of likely N-dealkylation sites (tertiary alicyclic amines) is 1. The Labute approximate surface area is 222 Å². The van der Waals surface area contributed by atoms with E-state index >= 15 is 0 Å². The quantitative estimate of drug-likeness (QED) is 0.268. The van der Waals surface area contributed by atoms with Gasteiger partial charge in [0, 0.05) is 19.7 Å². The molecule has 4 rings (SSSR count). The molecule has 37 heavy (non-hydrogen) atoms. The number of esters is 1. The zero-order chi connectivity index (χ0) is 27.0. The first-order valence-corrected chi connectivity index (χ1v) is 13.1. The molecule has 8 nitrogen and oxygen atoms in total. The van der Waals surface area contributed by atoms with Crippen LogP contribution in [0.5, 0.6) is 0 Å². The summed E-state index contributed by atoms with van der Waals surface area (Å²) >= 11 is 6.48. The minimum Gasteiger partial charge on any atom is -0.461 e. The topological polar surface area (TPSA) is 96.4 Å². The van der Waals surface area contributed by atoms with Crippen LogP contribution >= 0.6 is 11.6 Å². The van der Waals surface area contributed by atoms with Gasteiger partial charge in [-0.05, 0) is 44.2 Å². The van der Waals surface area contributed by atoms with Gasteiger partial charge in [0.05, 0.1) is 22.2 Å². The summed E-state index contributed by atoms with van der Waals surface area (Å²) in [5, 5.41) is 9.75. The molecule has 0 radical (unpaired) electrons. The van der Waals surface area contributed by atoms with E-state index in [-0.39, 0.29) is 44.0 Å². The zero-order valence-electron chi connectivity index (χ0n) is 21.4. The van der Waals surface area contributed by atoms with Gasteiger partial charge in [0.1, 0.15) is 24.2 Å². The predicted molar refractivity (Wildman–Crippen MR) is 140 cm³/mol. The van der Waals surface area contributed by atoms with Crippen LogP contribution in [-0.4, -0.2) is 71.3 Å². The van der Waals surface area contributed by atoms with Gasteiger partial charge in [-0.1, -0.05) is 49.4 Å². The summed E-state index contributed by atoms with van der Waals surface area (Å²) < 4.78 is 12.1. The van der Waals surface area contributed by atoms with E-state index in [2.05, 4.69) is 13.2 Å². The molecule has 1 N–H and O–H groups in total. The van der Waals surface area contributed by atoms with Crippen LogP contribution in [0, 0.1) is 17.8 Å². The Balaban J connectivity index is 1.81. The minimum atomic E-state index is -1.19. The average Bonchev–Trinajstić information content (AvgIpc) is 3.38. The van der Waals surface area contributed by atoms with E-state index in [0.717, 1.165) is 0 Å². The Morgan fingerprint density at radius 1 is 1.30 bits per heavy atom. The molecule has 3 fully saturated rings. The molecule has 3 heterocycles. The number of unbranched alkanes of at least 4 members (excludes halogenated alkanes) is 1. The van der Waals surface area contributed by atoms with E-state index in [1.807, 2.05) is 13.8 Å². The minimum absolute atomic E-state index is 0.0237. The van der Waals surface area contributed by atoms with Crippen LogP contribution in [0.25, 0.3) is 0 Å². The second-order valence-electron chi connectivity index (χ2n) is 10.3. The highest BCUT2D eigenvalue weighted by atomic mass is 35.5. The SMILES string of the molecule is C=CCOC(=O)[C@@H]1[C@H]2C(=O)N(CCCCO)C(C(=O)N(CC=C)c3ccccc3Cl)C23CC(C)[C@@]1(C)O3. The average molecular weight is 531 g/mol. The van der Waals surface area contributed by atoms with Crippen LogP contribution < -0.4 is 4.90 Å². The number of rotatable bonds is 11. The summed E-state index contributed by atoms with van der Waals surface area (Å²) in [6.07, 6.45) is 4.51. The van der Waals surface area contributed by atoms with Crippen molar-refractivity contribution in [2.24, 2.45) is 17.8 Å². The van der Waals surface area contributed by atoms with Crippen molar-refractivity contribution in [3.05, 3.63) is 54.6 Å². The van der Waals surface area contributed by atoms with Crippen LogP contribution in [0.4, 0.5) is 5.69 Å². The number of carbonyl (C=O) groups is 3. The van der Waals surface area contributed by atoms with Crippen LogP contribution in [0.2, 0.25) is 5.02 Å². The fourth-order valence-electron chi connectivity index (χ4n) is 6.50. The molecule has 1 spiro atoms. The Hall–Kier alpha value is -2.68. The molecule has 0 saturated carbocycles. The smallest absolute Gasteiger partial charge is 0.313 e. The molecule has 200 valence electrons. The molecular formula is C28H35ClN2O6. The number of ether oxygens (including phenoxy) is 2. The molecule has 2 bridgehead atoms. The summed E-state index contributed by atoms with van der Waals surface area (Å²) in [4.78, 5) is 44.8. The van der Waals surface area contributed by atoms with Crippen molar-refractivity contribution in [2.75, 3.05) is 31.2 Å². The molecule has 3 aliphatic heterocycles. The summed E-state index contributed by atoms with van der Waals surface area (Å²) in [7, 11) is 0. The summed E-state index contributed by atoms with van der Waals surface area (Å²) in [6.45, 7) is 11.7. The number of fused-ring (bicyclic) bond motifs is 1. The van der Waals surface area contributed by atoms with Crippen LogP contribution in [0.3, 0.4) is 0 Å². The van der Waals surface area contributed by atoms with E-state index < -0.39 is 35.0 Å². The van der Waals surface area contributed by atoms with Gasteiger partial charge in [-0.15, -0.1) is 6.58 Å². The van der Waals surface area contributed by atoms with E-state index in [4.69, 9.17) is 21.1 Å². The van der Waals surface area contributed by atoms with Gasteiger partial charge in [-0.25, -0.2) is 0 Å². The van der Waals surface area contributed by atoms with Gasteiger partial charge in [-0.2, -0.15) is 0 Å². The van der Waals surface area contributed by atoms with Crippen molar-refractivity contribution in [1.29, 1.82) is 0 Å². The van der Waals surface area contributed by atoms with Crippen molar-refractivity contribution in [1.82, 2.24) is 4.90 Å². The largest absolute Gasteiger partial charge is 0.461 e. The summed E-state index contributed by atoms with van der Waals surface area (Å²) in [5.74, 6) is -2.97. The van der Waals surface area contributed by atoms with Crippen molar-refractivity contribution < 1.29 is 29.0 Å². The lowest BCUT2D eigenvalue weighted by atomic mass is 9.62. The first-order chi connectivity index (χ1) is 17.7. The Morgan fingerprint density at radius 2 is 2.03 bits per heavy atom. The van der Waals surface area contributed by atoms with Gasteiger partial charge >= 0.3 is 5.97 Å². The summed E-state index contributed by atoms with van der Waals surface area (Å²) in [6, 6.07) is 6.05. The van der Waals surface area contributed by atoms with E-state index in [9.17, 15) is 19.5 Å². The number of para-hydroxylation sites is 1. The molecular weight excluding hydrogens is 496 g/mol. The first kappa shape index (κ1) is 27.4. The van der Waals surface area contributed by atoms with Gasteiger partial charge in [0.25, 0.3) is 5.91 Å². The van der Waals surface area contributed by atoms with Crippen molar-refractivity contribution >= 4 is 35.1 Å². The number of amides is 2. The number of aliphatic hydroxyl groups excluding tert-OH is 1. The van der Waals surface area contributed by atoms with Crippen LogP contribution in [0.15, 0.2) is 49.6 Å². The monoisotopic (exact) mass is 530 g/mol. The van der Waals surface area contributed by atoms with Gasteiger partial charge in [0.15, 0.2) is 0 Å². The molecule has 6 atom stereocenters. The van der Waals surface area contributed by atoms with Crippen molar-refractivity contribution in [2.45, 2.75) is 50.4 Å². The maximum atomic E-state index is 14.4. The molecule has 1 aromatic rings. The molecule has 2 amide bonds. The van der Waals surface area contributed by atoms with Crippen molar-refractivity contribution in [3.63, 3.8) is 0 Å². The van der Waals surface area contributed by atoms with Crippen molar-refractivity contribution in [3.8, 4) is 0 Å². The second kappa shape index (κ2) is 10.6. The third-order valence-electron chi connectivity index (χ3n) is 8.17.